The van der Waals surface area contributed by atoms with Gasteiger partial charge in [0, 0.05) is 59.6 Å². The van der Waals surface area contributed by atoms with Crippen molar-refractivity contribution in [3.63, 3.8) is 0 Å². The van der Waals surface area contributed by atoms with Gasteiger partial charge in [-0.3, -0.25) is 4.79 Å². The van der Waals surface area contributed by atoms with Crippen LogP contribution in [0.5, 0.6) is 0 Å². The minimum absolute atomic E-state index is 0.0000615. The SMILES string of the molecule is [2H][13CH]([2H])C[C@@]1([C@@H]2OC(C3O[C@@](O)(CO)[C@H]([13CH]([2H])[2H])C[C@@H]3[13CH]([2H])[2H])C[C@@H]2[13CH]([2H])[2H])CC[C@H]([C@]2([13CH]([2H])[2H])CC[C@]3(C[C@H](O)[C@@H]([13CH]([2H])[2H])C([C@H]([C@@H](OC)[C@@H](C(=O)O)[13CH]([2H])[2H])[13CH]([2H])[2H])O3)O2)O1. The van der Waals surface area contributed by atoms with E-state index < -0.39 is 175 Å². The van der Waals surface area contributed by atoms with Gasteiger partial charge in [0.25, 0.3) is 0 Å². The summed E-state index contributed by atoms with van der Waals surface area (Å²) < 4.78 is 171. The summed E-state index contributed by atoms with van der Waals surface area (Å²) in [7, 11) is 1.05. The van der Waals surface area contributed by atoms with Crippen molar-refractivity contribution >= 4 is 5.97 Å². The minimum atomic E-state index is -2.42. The highest BCUT2D eigenvalue weighted by molar-refractivity contribution is 5.70. The maximum atomic E-state index is 12.3. The van der Waals surface area contributed by atoms with Crippen LogP contribution in [0.15, 0.2) is 0 Å². The molecule has 0 aliphatic carbocycles. The average Bonchev–Trinajstić information content (AvgIpc) is 3.90. The number of rotatable bonds is 10. The van der Waals surface area contributed by atoms with Crippen LogP contribution in [0.3, 0.4) is 0 Å². The largest absolute Gasteiger partial charge is 0.481 e. The number of aliphatic carboxylic acids is 1. The highest BCUT2D eigenvalue weighted by Crippen LogP contribution is 2.55. The fraction of sp³-hybridized carbons (Fsp3) is 0.972. The third-order valence-electron chi connectivity index (χ3n) is 10.9. The van der Waals surface area contributed by atoms with Gasteiger partial charge in [-0.25, -0.2) is 0 Å². The van der Waals surface area contributed by atoms with Crippen LogP contribution in [0.4, 0.5) is 0 Å². The van der Waals surface area contributed by atoms with Gasteiger partial charge in [0.15, 0.2) is 11.6 Å². The molecule has 5 heterocycles. The Labute approximate surface area is 303 Å². The van der Waals surface area contributed by atoms with Crippen LogP contribution in [-0.4, -0.2) is 106 Å². The minimum Gasteiger partial charge on any atom is -0.481 e. The second kappa shape index (κ2) is 13.7. The third-order valence-corrected chi connectivity index (χ3v) is 10.9. The van der Waals surface area contributed by atoms with Crippen molar-refractivity contribution in [1.82, 2.24) is 0 Å². The number of carboxylic acid groups (broad SMARTS) is 1. The monoisotopic (exact) mass is 695 g/mol. The molecule has 0 radical (unpaired) electrons. The topological polar surface area (TPSA) is 153 Å². The Balaban J connectivity index is 1.49. The Hall–Kier alpha value is -0.890. The maximum Gasteiger partial charge on any atom is 0.308 e. The van der Waals surface area contributed by atoms with Gasteiger partial charge in [-0.15, -0.1) is 0 Å². The first-order chi connectivity index (χ1) is 29.2. The fourth-order valence-corrected chi connectivity index (χ4v) is 8.13. The summed E-state index contributed by atoms with van der Waals surface area (Å²) in [4.78, 5) is 12.3. The van der Waals surface area contributed by atoms with Gasteiger partial charge in [0.05, 0.1) is 66.5 Å². The Bertz CT molecular complexity index is 1530. The molecule has 17 atom stereocenters. The van der Waals surface area contributed by atoms with Crippen LogP contribution in [0.2, 0.25) is 0 Å². The Kier molecular flexibility index (Phi) is 6.25. The lowest BCUT2D eigenvalue weighted by molar-refractivity contribution is -0.336. The summed E-state index contributed by atoms with van der Waals surface area (Å²) >= 11 is 0. The molecule has 0 saturated carbocycles. The van der Waals surface area contributed by atoms with E-state index in [2.05, 4.69) is 0 Å². The van der Waals surface area contributed by atoms with Gasteiger partial charge in [0.2, 0.25) is 0 Å². The van der Waals surface area contributed by atoms with E-state index >= 15 is 0 Å². The highest BCUT2D eigenvalue weighted by Gasteiger charge is 2.62. The normalized spacial score (nSPS) is 56.3. The summed E-state index contributed by atoms with van der Waals surface area (Å²) in [6.45, 7) is -15.4. The molecule has 5 rings (SSSR count). The zero-order valence-electron chi connectivity index (χ0n) is 42.6. The molecule has 47 heavy (non-hydrogen) atoms. The second-order valence-electron chi connectivity index (χ2n) is 14.0. The number of carboxylic acids is 1. The lowest BCUT2D eigenvalue weighted by Crippen LogP contribution is -2.57. The first-order valence-corrected chi connectivity index (χ1v) is 16.2. The highest BCUT2D eigenvalue weighted by atomic mass is 16.7. The lowest BCUT2D eigenvalue weighted by atomic mass is 9.83. The van der Waals surface area contributed by atoms with Gasteiger partial charge in [0.1, 0.15) is 0 Å². The van der Waals surface area contributed by atoms with Crippen LogP contribution in [0.1, 0.15) is 128 Å². The van der Waals surface area contributed by atoms with E-state index in [4.69, 9.17) is 50.4 Å². The van der Waals surface area contributed by atoms with Crippen LogP contribution in [0.25, 0.3) is 0 Å². The molecule has 272 valence electrons. The molecule has 3 unspecified atom stereocenters. The van der Waals surface area contributed by atoms with E-state index in [1.807, 2.05) is 0 Å². The van der Waals surface area contributed by atoms with Gasteiger partial charge >= 0.3 is 5.97 Å². The zero-order chi connectivity index (χ0) is 47.3. The van der Waals surface area contributed by atoms with E-state index in [0.29, 0.717) is 0 Å². The molecule has 0 amide bonds. The predicted octanol–water partition coefficient (Wildman–Crippen LogP) is 4.27. The molecular weight excluding hydrogens is 616 g/mol. The van der Waals surface area contributed by atoms with Crippen molar-refractivity contribution in [2.24, 2.45) is 35.5 Å². The van der Waals surface area contributed by atoms with Gasteiger partial charge < -0.3 is 48.8 Å². The molecule has 5 aliphatic heterocycles. The third kappa shape index (κ3) is 6.67. The number of ether oxygens (including phenoxy) is 6. The molecule has 4 N–H and O–H groups in total. The quantitative estimate of drug-likeness (QED) is 0.243. The van der Waals surface area contributed by atoms with E-state index in [1.165, 1.54) is 0 Å². The molecule has 1 spiro atoms. The van der Waals surface area contributed by atoms with Gasteiger partial charge in [-0.05, 0) is 64.1 Å². The van der Waals surface area contributed by atoms with Crippen molar-refractivity contribution in [3.05, 3.63) is 0 Å². The smallest absolute Gasteiger partial charge is 0.308 e. The Morgan fingerprint density at radius 1 is 1.06 bits per heavy atom. The second-order valence-corrected chi connectivity index (χ2v) is 14.0. The van der Waals surface area contributed by atoms with Crippen LogP contribution in [0, 0.1) is 35.5 Å². The number of hydrogen-bond acceptors (Lipinski definition) is 10. The zero-order valence-corrected chi connectivity index (χ0v) is 26.6. The molecule has 0 aromatic rings. The standard InChI is InChI=1S/C36H62O11/c1-10-34(31-20(3)16-26(43-31)28-19(2)15-21(4)36(41,18-37)46-28)12-11-27(44-34)33(8)13-14-35(47-33)17-25(38)22(5)30(45-35)23(6)29(42-9)24(7)32(39)40/h19-31,37-38,41H,10-18H2,1-9H3,(H,39,40)/t19-,20-,21+,22+,23-,24-,25-,26?,27+,28?,29+,30?,31+,33-,34-,35+,36-/m0/s1/i1+1D2,2+1D2,3+1D2,4+1D2,5+1D2,6+1D2,7+1D2,8+1D2. The molecule has 5 aliphatic rings. The molecule has 5 saturated heterocycles. The average molecular weight is 695 g/mol. The molecule has 0 aromatic heterocycles. The van der Waals surface area contributed by atoms with E-state index in [1.54, 1.807) is 0 Å². The maximum absolute atomic E-state index is 12.3. The molecule has 0 aromatic carbocycles. The van der Waals surface area contributed by atoms with E-state index in [0.717, 1.165) is 7.11 Å². The number of hydrogen-bond donors (Lipinski definition) is 4. The van der Waals surface area contributed by atoms with Crippen molar-refractivity contribution in [2.45, 2.75) is 172 Å². The fourth-order valence-electron chi connectivity index (χ4n) is 8.13. The number of aliphatic hydroxyl groups excluding tert-OH is 2. The Morgan fingerprint density at radius 3 is 2.55 bits per heavy atom. The number of aliphatic hydroxyl groups is 3. The van der Waals surface area contributed by atoms with Crippen molar-refractivity contribution in [3.8, 4) is 0 Å². The molecule has 11 nitrogen and oxygen atoms in total. The molecule has 0 bridgehead atoms. The summed E-state index contributed by atoms with van der Waals surface area (Å²) in [5, 5.41) is 42.9. The number of methoxy groups -OCH3 is 1. The predicted molar refractivity (Wildman–Crippen MR) is 172 cm³/mol. The first-order valence-electron chi connectivity index (χ1n) is 25.4. The van der Waals surface area contributed by atoms with Crippen molar-refractivity contribution in [2.75, 3.05) is 13.7 Å². The summed E-state index contributed by atoms with van der Waals surface area (Å²) in [5.74, 6) is -14.5. The van der Waals surface area contributed by atoms with Gasteiger partial charge in [-0.1, -0.05) is 41.3 Å². The van der Waals surface area contributed by atoms with Crippen molar-refractivity contribution < 1.29 is 75.6 Å². The Morgan fingerprint density at radius 2 is 1.91 bits per heavy atom. The summed E-state index contributed by atoms with van der Waals surface area (Å²) in [6, 6.07) is 0. The van der Waals surface area contributed by atoms with Gasteiger partial charge in [-0.2, -0.15) is 0 Å². The van der Waals surface area contributed by atoms with Crippen LogP contribution < -0.4 is 0 Å². The van der Waals surface area contributed by atoms with Crippen LogP contribution >= 0.6 is 0 Å². The van der Waals surface area contributed by atoms with E-state index in [9.17, 15) is 25.2 Å². The molecule has 5 fully saturated rings. The summed E-state index contributed by atoms with van der Waals surface area (Å²) in [6.07, 6.45) is -11.5. The molecule has 11 heteroatoms. The number of carbonyl (C=O) groups is 1. The lowest BCUT2D eigenvalue weighted by Gasteiger charge is -2.49. The first kappa shape index (κ1) is 21.5. The molecular formula is C36H62O11. The van der Waals surface area contributed by atoms with Crippen LogP contribution in [-0.2, 0) is 33.2 Å². The van der Waals surface area contributed by atoms with E-state index in [-0.39, 0.29) is 44.9 Å². The van der Waals surface area contributed by atoms with Crippen molar-refractivity contribution in [1.29, 1.82) is 0 Å². The summed E-state index contributed by atoms with van der Waals surface area (Å²) in [5.41, 5.74) is -3.58.